The Morgan fingerprint density at radius 2 is 2.26 bits per heavy atom. The van der Waals surface area contributed by atoms with E-state index in [2.05, 4.69) is 28.8 Å². The molecule has 0 saturated carbocycles. The van der Waals surface area contributed by atoms with E-state index in [0.717, 1.165) is 18.8 Å². The van der Waals surface area contributed by atoms with E-state index >= 15 is 0 Å². The Morgan fingerprint density at radius 3 is 3.00 bits per heavy atom. The average Bonchev–Trinajstić information content (AvgIpc) is 2.95. The average molecular weight is 316 g/mol. The summed E-state index contributed by atoms with van der Waals surface area (Å²) < 4.78 is 6.48. The number of nitrogens with zero attached hydrogens (tertiary/aromatic N) is 4. The molecule has 0 aromatic carbocycles. The van der Waals surface area contributed by atoms with Crippen LogP contribution < -0.4 is 0 Å². The highest BCUT2D eigenvalue weighted by molar-refractivity contribution is 5.90. The van der Waals surface area contributed by atoms with Crippen LogP contribution in [-0.2, 0) is 11.2 Å². The number of aromatic nitrogens is 3. The van der Waals surface area contributed by atoms with Gasteiger partial charge in [0, 0.05) is 24.7 Å². The van der Waals surface area contributed by atoms with E-state index in [1.54, 1.807) is 22.8 Å². The van der Waals surface area contributed by atoms with Gasteiger partial charge in [-0.3, -0.25) is 4.90 Å². The molecule has 1 atom stereocenters. The maximum Gasteiger partial charge on any atom is 0.338 e. The molecule has 0 radical (unpaired) electrons. The van der Waals surface area contributed by atoms with Crippen LogP contribution in [0.3, 0.4) is 0 Å². The lowest BCUT2D eigenvalue weighted by Gasteiger charge is -2.38. The Hall–Kier alpha value is -1.95. The zero-order valence-electron chi connectivity index (χ0n) is 14.0. The first-order valence-electron chi connectivity index (χ1n) is 8.28. The highest BCUT2D eigenvalue weighted by Crippen LogP contribution is 2.22. The molecule has 2 aromatic rings. The number of pyridine rings is 1. The van der Waals surface area contributed by atoms with E-state index < -0.39 is 0 Å². The van der Waals surface area contributed by atoms with Gasteiger partial charge in [-0.1, -0.05) is 6.42 Å². The number of ether oxygens (including phenoxy) is 1. The van der Waals surface area contributed by atoms with Crippen molar-refractivity contribution < 1.29 is 9.53 Å². The standard InChI is InChI=1S/C17H24N4O2/c1-12(2)20-8-5-4-6-14(20)11-15-18-16-10-13(17(22)23-3)7-9-21(16)19-15/h7,9-10,12,14H,4-6,8,11H2,1-3H3. The molecule has 1 unspecified atom stereocenters. The molecule has 124 valence electrons. The third kappa shape index (κ3) is 3.37. The fraction of sp³-hybridized carbons (Fsp3) is 0.588. The quantitative estimate of drug-likeness (QED) is 0.810. The van der Waals surface area contributed by atoms with Crippen molar-refractivity contribution in [3.8, 4) is 0 Å². The van der Waals surface area contributed by atoms with Gasteiger partial charge in [-0.25, -0.2) is 14.3 Å². The molecule has 6 nitrogen and oxygen atoms in total. The van der Waals surface area contributed by atoms with Crippen molar-refractivity contribution in [2.24, 2.45) is 0 Å². The zero-order chi connectivity index (χ0) is 16.4. The summed E-state index contributed by atoms with van der Waals surface area (Å²) in [6.07, 6.45) is 6.36. The van der Waals surface area contributed by atoms with Gasteiger partial charge in [0.2, 0.25) is 0 Å². The van der Waals surface area contributed by atoms with Crippen LogP contribution in [0.15, 0.2) is 18.3 Å². The lowest BCUT2D eigenvalue weighted by Crippen LogP contribution is -2.45. The first-order chi connectivity index (χ1) is 11.1. The van der Waals surface area contributed by atoms with Gasteiger partial charge in [0.1, 0.15) is 0 Å². The van der Waals surface area contributed by atoms with Gasteiger partial charge in [0.25, 0.3) is 0 Å². The number of hydrogen-bond donors (Lipinski definition) is 0. The largest absolute Gasteiger partial charge is 0.465 e. The van der Waals surface area contributed by atoms with Gasteiger partial charge in [-0.15, -0.1) is 0 Å². The molecule has 1 fully saturated rings. The van der Waals surface area contributed by atoms with E-state index in [1.807, 2.05) is 0 Å². The minimum Gasteiger partial charge on any atom is -0.465 e. The second kappa shape index (κ2) is 6.66. The number of carbonyl (C=O) groups excluding carboxylic acids is 1. The fourth-order valence-electron chi connectivity index (χ4n) is 3.39. The molecule has 0 spiro atoms. The number of esters is 1. The molecule has 3 heterocycles. The van der Waals surface area contributed by atoms with E-state index in [1.165, 1.54) is 26.4 Å². The molecule has 0 aliphatic carbocycles. The van der Waals surface area contributed by atoms with Gasteiger partial charge < -0.3 is 4.74 Å². The Bertz CT molecular complexity index is 695. The van der Waals surface area contributed by atoms with E-state index in [-0.39, 0.29) is 5.97 Å². The molecule has 0 bridgehead atoms. The second-order valence-electron chi connectivity index (χ2n) is 6.42. The van der Waals surface area contributed by atoms with Gasteiger partial charge >= 0.3 is 5.97 Å². The third-order valence-corrected chi connectivity index (χ3v) is 4.56. The monoisotopic (exact) mass is 316 g/mol. The van der Waals surface area contributed by atoms with Crippen LogP contribution in [-0.4, -0.2) is 51.2 Å². The zero-order valence-corrected chi connectivity index (χ0v) is 14.0. The molecule has 2 aromatic heterocycles. The van der Waals surface area contributed by atoms with Crippen molar-refractivity contribution >= 4 is 11.6 Å². The van der Waals surface area contributed by atoms with Crippen molar-refractivity contribution in [3.63, 3.8) is 0 Å². The van der Waals surface area contributed by atoms with Crippen LogP contribution in [0.25, 0.3) is 5.65 Å². The number of piperidine rings is 1. The molecule has 23 heavy (non-hydrogen) atoms. The summed E-state index contributed by atoms with van der Waals surface area (Å²) in [5.41, 5.74) is 1.19. The lowest BCUT2D eigenvalue weighted by molar-refractivity contribution is 0.0600. The molecular formula is C17H24N4O2. The first-order valence-corrected chi connectivity index (χ1v) is 8.28. The lowest BCUT2D eigenvalue weighted by atomic mass is 9.97. The van der Waals surface area contributed by atoms with Crippen molar-refractivity contribution in [2.75, 3.05) is 13.7 Å². The first kappa shape index (κ1) is 15.9. The number of rotatable bonds is 4. The minimum atomic E-state index is -0.352. The van der Waals surface area contributed by atoms with Crippen molar-refractivity contribution in [2.45, 2.75) is 51.6 Å². The smallest absolute Gasteiger partial charge is 0.338 e. The van der Waals surface area contributed by atoms with Gasteiger partial charge in [-0.05, 0) is 45.4 Å². The van der Waals surface area contributed by atoms with Crippen LogP contribution in [0, 0.1) is 0 Å². The summed E-state index contributed by atoms with van der Waals surface area (Å²) in [7, 11) is 1.38. The highest BCUT2D eigenvalue weighted by atomic mass is 16.5. The minimum absolute atomic E-state index is 0.352. The summed E-state index contributed by atoms with van der Waals surface area (Å²) in [6, 6.07) is 4.48. The number of hydrogen-bond acceptors (Lipinski definition) is 5. The molecule has 1 saturated heterocycles. The number of carbonyl (C=O) groups is 1. The molecule has 6 heteroatoms. The number of fused-ring (bicyclic) bond motifs is 1. The summed E-state index contributed by atoms with van der Waals surface area (Å²) in [4.78, 5) is 18.8. The highest BCUT2D eigenvalue weighted by Gasteiger charge is 2.26. The number of likely N-dealkylation sites (tertiary alicyclic amines) is 1. The van der Waals surface area contributed by atoms with E-state index in [9.17, 15) is 4.79 Å². The molecule has 1 aliphatic rings. The van der Waals surface area contributed by atoms with Crippen molar-refractivity contribution in [3.05, 3.63) is 29.7 Å². The predicted octanol–water partition coefficient (Wildman–Crippen LogP) is 2.32. The predicted molar refractivity (Wildman–Crippen MR) is 87.5 cm³/mol. The van der Waals surface area contributed by atoms with Crippen LogP contribution >= 0.6 is 0 Å². The summed E-state index contributed by atoms with van der Waals surface area (Å²) >= 11 is 0. The third-order valence-electron chi connectivity index (χ3n) is 4.56. The summed E-state index contributed by atoms with van der Waals surface area (Å²) in [5.74, 6) is 0.486. The van der Waals surface area contributed by atoms with Gasteiger partial charge in [0.15, 0.2) is 11.5 Å². The second-order valence-corrected chi connectivity index (χ2v) is 6.42. The normalized spacial score (nSPS) is 19.4. The molecule has 1 aliphatic heterocycles. The Morgan fingerprint density at radius 1 is 1.43 bits per heavy atom. The van der Waals surface area contributed by atoms with Gasteiger partial charge in [0.05, 0.1) is 12.7 Å². The summed E-state index contributed by atoms with van der Waals surface area (Å²) in [6.45, 7) is 5.65. The Balaban J connectivity index is 1.81. The van der Waals surface area contributed by atoms with Crippen molar-refractivity contribution in [1.82, 2.24) is 19.5 Å². The molecule has 0 amide bonds. The van der Waals surface area contributed by atoms with Gasteiger partial charge in [-0.2, -0.15) is 5.10 Å². The summed E-state index contributed by atoms with van der Waals surface area (Å²) in [5, 5.41) is 4.55. The van der Waals surface area contributed by atoms with Crippen LogP contribution in [0.2, 0.25) is 0 Å². The Kier molecular flexibility index (Phi) is 4.61. The fourth-order valence-corrected chi connectivity index (χ4v) is 3.39. The molecule has 0 N–H and O–H groups in total. The van der Waals surface area contributed by atoms with Crippen molar-refractivity contribution in [1.29, 1.82) is 0 Å². The SMILES string of the molecule is COC(=O)c1ccn2nc(CC3CCCCN3C(C)C)nc2c1. The topological polar surface area (TPSA) is 59.7 Å². The maximum absolute atomic E-state index is 11.6. The molecule has 3 rings (SSSR count). The maximum atomic E-state index is 11.6. The Labute approximate surface area is 136 Å². The number of methoxy groups -OCH3 is 1. The van der Waals surface area contributed by atoms with E-state index in [0.29, 0.717) is 23.3 Å². The molecular weight excluding hydrogens is 292 g/mol. The van der Waals surface area contributed by atoms with Crippen LogP contribution in [0.4, 0.5) is 0 Å². The van der Waals surface area contributed by atoms with Crippen LogP contribution in [0.1, 0.15) is 49.3 Å². The van der Waals surface area contributed by atoms with Crippen LogP contribution in [0.5, 0.6) is 0 Å². The van der Waals surface area contributed by atoms with E-state index in [4.69, 9.17) is 4.74 Å².